The number of aliphatic hydroxyl groups is 3. The lowest BCUT2D eigenvalue weighted by molar-refractivity contribution is 0.104. The molecule has 3 nitrogen and oxygen atoms in total. The summed E-state index contributed by atoms with van der Waals surface area (Å²) in [5.74, 6) is -0.0741. The molecule has 1 radical (unpaired) electrons. The first-order chi connectivity index (χ1) is 4.72. The van der Waals surface area contributed by atoms with Gasteiger partial charge in [-0.2, -0.15) is 0 Å². The molecule has 0 rings (SSSR count). The van der Waals surface area contributed by atoms with Crippen molar-refractivity contribution >= 4 is 0 Å². The Hall–Kier alpha value is -0.120. The normalized spacial score (nSPS) is 14.1. The lowest BCUT2D eigenvalue weighted by Gasteiger charge is -2.16. The standard InChI is InChI=1S/C7H15O3/c1-6(10)7(2-4-8)3-5-9/h6-10H,1-5H2. The number of hydrogen-bond acceptors (Lipinski definition) is 3. The van der Waals surface area contributed by atoms with Crippen LogP contribution in [0.5, 0.6) is 0 Å². The summed E-state index contributed by atoms with van der Waals surface area (Å²) in [7, 11) is 0. The van der Waals surface area contributed by atoms with Gasteiger partial charge in [-0.05, 0) is 25.7 Å². The average molecular weight is 147 g/mol. The van der Waals surface area contributed by atoms with Crippen LogP contribution in [-0.2, 0) is 0 Å². The minimum absolute atomic E-state index is 0.0389. The molecule has 0 aliphatic carbocycles. The largest absolute Gasteiger partial charge is 0.396 e. The second kappa shape index (κ2) is 5.65. The predicted octanol–water partition coefficient (Wildman–Crippen LogP) is -0.438. The van der Waals surface area contributed by atoms with E-state index in [1.165, 1.54) is 0 Å². The van der Waals surface area contributed by atoms with Crippen molar-refractivity contribution in [3.63, 3.8) is 0 Å². The summed E-state index contributed by atoms with van der Waals surface area (Å²) in [6.45, 7) is 3.49. The molecule has 0 amide bonds. The highest BCUT2D eigenvalue weighted by molar-refractivity contribution is 4.69. The Morgan fingerprint density at radius 2 is 1.50 bits per heavy atom. The Morgan fingerprint density at radius 3 is 1.70 bits per heavy atom. The Balaban J connectivity index is 3.50. The topological polar surface area (TPSA) is 60.7 Å². The maximum atomic E-state index is 8.94. The smallest absolute Gasteiger partial charge is 0.0571 e. The predicted molar refractivity (Wildman–Crippen MR) is 38.3 cm³/mol. The quantitative estimate of drug-likeness (QED) is 0.494. The van der Waals surface area contributed by atoms with Gasteiger partial charge in [0, 0.05) is 13.2 Å². The molecule has 0 aromatic heterocycles. The van der Waals surface area contributed by atoms with Crippen LogP contribution in [0.4, 0.5) is 0 Å². The Kier molecular flexibility index (Phi) is 5.58. The number of aliphatic hydroxyl groups excluding tert-OH is 3. The van der Waals surface area contributed by atoms with Gasteiger partial charge in [-0.15, -0.1) is 0 Å². The van der Waals surface area contributed by atoms with Gasteiger partial charge in [0.05, 0.1) is 6.10 Å². The zero-order chi connectivity index (χ0) is 7.98. The van der Waals surface area contributed by atoms with E-state index in [0.717, 1.165) is 0 Å². The molecule has 0 heterocycles. The zero-order valence-corrected chi connectivity index (χ0v) is 6.03. The van der Waals surface area contributed by atoms with E-state index < -0.39 is 6.10 Å². The summed E-state index contributed by atoms with van der Waals surface area (Å²) < 4.78 is 0. The molecule has 0 aromatic carbocycles. The van der Waals surface area contributed by atoms with Crippen LogP contribution in [0, 0.1) is 12.8 Å². The van der Waals surface area contributed by atoms with Gasteiger partial charge in [0.15, 0.2) is 0 Å². The third-order valence-corrected chi connectivity index (χ3v) is 1.54. The molecule has 3 N–H and O–H groups in total. The first-order valence-electron chi connectivity index (χ1n) is 3.45. The van der Waals surface area contributed by atoms with E-state index in [-0.39, 0.29) is 19.1 Å². The first-order valence-corrected chi connectivity index (χ1v) is 3.45. The lowest BCUT2D eigenvalue weighted by atomic mass is 9.97. The summed E-state index contributed by atoms with van der Waals surface area (Å²) in [5, 5.41) is 25.9. The maximum Gasteiger partial charge on any atom is 0.0571 e. The summed E-state index contributed by atoms with van der Waals surface area (Å²) in [4.78, 5) is 0. The average Bonchev–Trinajstić information content (AvgIpc) is 1.87. The van der Waals surface area contributed by atoms with Crippen LogP contribution in [0.1, 0.15) is 12.8 Å². The van der Waals surface area contributed by atoms with Crippen molar-refractivity contribution in [2.45, 2.75) is 18.9 Å². The van der Waals surface area contributed by atoms with E-state index in [2.05, 4.69) is 6.92 Å². The molecule has 1 atom stereocenters. The van der Waals surface area contributed by atoms with Crippen LogP contribution >= 0.6 is 0 Å². The van der Waals surface area contributed by atoms with Crippen LogP contribution < -0.4 is 0 Å². The van der Waals surface area contributed by atoms with Crippen molar-refractivity contribution in [3.8, 4) is 0 Å². The Morgan fingerprint density at radius 1 is 1.10 bits per heavy atom. The molecule has 0 bridgehead atoms. The molecule has 0 aliphatic rings. The molecular weight excluding hydrogens is 132 g/mol. The molecule has 10 heavy (non-hydrogen) atoms. The molecule has 3 heteroatoms. The van der Waals surface area contributed by atoms with E-state index in [0.29, 0.717) is 12.8 Å². The van der Waals surface area contributed by atoms with Gasteiger partial charge >= 0.3 is 0 Å². The van der Waals surface area contributed by atoms with E-state index in [9.17, 15) is 0 Å². The van der Waals surface area contributed by atoms with Gasteiger partial charge in [-0.3, -0.25) is 0 Å². The molecule has 0 saturated carbocycles. The highest BCUT2D eigenvalue weighted by Crippen LogP contribution is 2.11. The van der Waals surface area contributed by atoms with Crippen molar-refractivity contribution in [1.29, 1.82) is 0 Å². The van der Waals surface area contributed by atoms with Crippen LogP contribution in [0.2, 0.25) is 0 Å². The fraction of sp³-hybridized carbons (Fsp3) is 0.857. The molecule has 0 aromatic rings. The van der Waals surface area contributed by atoms with Gasteiger partial charge < -0.3 is 15.3 Å². The summed E-state index contributed by atoms with van der Waals surface area (Å²) >= 11 is 0. The second-order valence-electron chi connectivity index (χ2n) is 2.35. The first kappa shape index (κ1) is 9.88. The van der Waals surface area contributed by atoms with Crippen molar-refractivity contribution in [3.05, 3.63) is 6.92 Å². The highest BCUT2D eigenvalue weighted by atomic mass is 16.3. The second-order valence-corrected chi connectivity index (χ2v) is 2.35. The number of rotatable bonds is 5. The fourth-order valence-electron chi connectivity index (χ4n) is 0.861. The van der Waals surface area contributed by atoms with Gasteiger partial charge in [-0.1, -0.05) is 0 Å². The molecule has 0 fully saturated rings. The third-order valence-electron chi connectivity index (χ3n) is 1.54. The van der Waals surface area contributed by atoms with E-state index in [1.807, 2.05) is 0 Å². The van der Waals surface area contributed by atoms with Crippen LogP contribution in [0.15, 0.2) is 0 Å². The molecule has 61 valence electrons. The van der Waals surface area contributed by atoms with Crippen molar-refractivity contribution in [2.75, 3.05) is 13.2 Å². The van der Waals surface area contributed by atoms with Gasteiger partial charge in [-0.25, -0.2) is 0 Å². The van der Waals surface area contributed by atoms with Crippen molar-refractivity contribution < 1.29 is 15.3 Å². The van der Waals surface area contributed by atoms with E-state index in [1.54, 1.807) is 0 Å². The van der Waals surface area contributed by atoms with Gasteiger partial charge in [0.1, 0.15) is 0 Å². The molecular formula is C7H15O3. The SMILES string of the molecule is [CH2]C(O)C(CCO)CCO. The van der Waals surface area contributed by atoms with Crippen LogP contribution in [-0.4, -0.2) is 34.6 Å². The minimum atomic E-state index is -0.681. The highest BCUT2D eigenvalue weighted by Gasteiger charge is 2.12. The third kappa shape index (κ3) is 3.82. The Bertz CT molecular complexity index is 67.3. The van der Waals surface area contributed by atoms with Gasteiger partial charge in [0.2, 0.25) is 0 Å². The lowest BCUT2D eigenvalue weighted by Crippen LogP contribution is -2.19. The van der Waals surface area contributed by atoms with Gasteiger partial charge in [0.25, 0.3) is 0 Å². The summed E-state index contributed by atoms with van der Waals surface area (Å²) in [6, 6.07) is 0. The summed E-state index contributed by atoms with van der Waals surface area (Å²) in [6.07, 6.45) is 0.329. The molecule has 0 saturated heterocycles. The zero-order valence-electron chi connectivity index (χ0n) is 6.03. The van der Waals surface area contributed by atoms with Crippen LogP contribution in [0.25, 0.3) is 0 Å². The monoisotopic (exact) mass is 147 g/mol. The van der Waals surface area contributed by atoms with E-state index >= 15 is 0 Å². The fourth-order valence-corrected chi connectivity index (χ4v) is 0.861. The molecule has 1 unspecified atom stereocenters. The maximum absolute atomic E-state index is 8.94. The minimum Gasteiger partial charge on any atom is -0.396 e. The van der Waals surface area contributed by atoms with Crippen molar-refractivity contribution in [1.82, 2.24) is 0 Å². The number of hydrogen-bond donors (Lipinski definition) is 3. The summed E-state index contributed by atoms with van der Waals surface area (Å²) in [5.41, 5.74) is 0. The van der Waals surface area contributed by atoms with Crippen LogP contribution in [0.3, 0.4) is 0 Å². The van der Waals surface area contributed by atoms with E-state index in [4.69, 9.17) is 15.3 Å². The molecule has 0 aliphatic heterocycles. The Labute approximate surface area is 61.3 Å². The molecule has 0 spiro atoms. The van der Waals surface area contributed by atoms with Crippen molar-refractivity contribution in [2.24, 2.45) is 5.92 Å².